The molecule has 2 fully saturated rings. The van der Waals surface area contributed by atoms with Crippen molar-refractivity contribution in [3.05, 3.63) is 96.1 Å². The number of amides is 2. The van der Waals surface area contributed by atoms with Gasteiger partial charge in [-0.25, -0.2) is 0 Å². The van der Waals surface area contributed by atoms with E-state index in [2.05, 4.69) is 34.9 Å². The Morgan fingerprint density at radius 3 is 1.33 bits per heavy atom. The van der Waals surface area contributed by atoms with Gasteiger partial charge >= 0.3 is 0 Å². The molecule has 0 bridgehead atoms. The first kappa shape index (κ1) is 18.6. The van der Waals surface area contributed by atoms with E-state index in [0.717, 1.165) is 12.8 Å². The molecule has 150 valence electrons. The Morgan fingerprint density at radius 2 is 0.933 bits per heavy atom. The van der Waals surface area contributed by atoms with Crippen molar-refractivity contribution in [3.63, 3.8) is 0 Å². The van der Waals surface area contributed by atoms with Gasteiger partial charge in [0.15, 0.2) is 0 Å². The predicted molar refractivity (Wildman–Crippen MR) is 118 cm³/mol. The maximum absolute atomic E-state index is 12.8. The average Bonchev–Trinajstić information content (AvgIpc) is 3.70. The lowest BCUT2D eigenvalue weighted by Crippen LogP contribution is -2.19. The van der Waals surface area contributed by atoms with Gasteiger partial charge in [-0.1, -0.05) is 72.8 Å². The SMILES string of the molecule is O=C(Nc1ccccc1NC(=O)C1CC1c1ccccc1)C1CC1c1ccccc1. The first-order valence-corrected chi connectivity index (χ1v) is 10.5. The number of rotatable bonds is 6. The molecule has 0 aromatic heterocycles. The molecule has 2 saturated carbocycles. The van der Waals surface area contributed by atoms with Crippen LogP contribution in [0.2, 0.25) is 0 Å². The van der Waals surface area contributed by atoms with Gasteiger partial charge in [0.2, 0.25) is 11.8 Å². The fourth-order valence-corrected chi connectivity index (χ4v) is 4.26. The lowest BCUT2D eigenvalue weighted by molar-refractivity contribution is -0.118. The molecule has 4 atom stereocenters. The summed E-state index contributed by atoms with van der Waals surface area (Å²) < 4.78 is 0. The van der Waals surface area contributed by atoms with Crippen molar-refractivity contribution in [2.75, 3.05) is 10.6 Å². The topological polar surface area (TPSA) is 58.2 Å². The quantitative estimate of drug-likeness (QED) is 0.604. The van der Waals surface area contributed by atoms with Gasteiger partial charge in [0.1, 0.15) is 0 Å². The summed E-state index contributed by atoms with van der Waals surface area (Å²) in [5.74, 6) is 0.569. The molecule has 4 unspecified atom stereocenters. The molecule has 4 heteroatoms. The Morgan fingerprint density at radius 1 is 0.567 bits per heavy atom. The molecule has 3 aromatic rings. The molecule has 2 aliphatic carbocycles. The zero-order valence-corrected chi connectivity index (χ0v) is 16.6. The van der Waals surface area contributed by atoms with Gasteiger partial charge < -0.3 is 10.6 Å². The number of benzene rings is 3. The molecule has 0 saturated heterocycles. The molecule has 2 aliphatic rings. The van der Waals surface area contributed by atoms with Crippen LogP contribution in [0.5, 0.6) is 0 Å². The van der Waals surface area contributed by atoms with Crippen molar-refractivity contribution in [3.8, 4) is 0 Å². The highest BCUT2D eigenvalue weighted by Gasteiger charge is 2.45. The van der Waals surface area contributed by atoms with Crippen LogP contribution in [0.1, 0.15) is 35.8 Å². The smallest absolute Gasteiger partial charge is 0.228 e. The van der Waals surface area contributed by atoms with E-state index in [1.807, 2.05) is 60.7 Å². The maximum Gasteiger partial charge on any atom is 0.228 e. The van der Waals surface area contributed by atoms with Gasteiger partial charge in [-0.05, 0) is 47.9 Å². The molecule has 4 nitrogen and oxygen atoms in total. The van der Waals surface area contributed by atoms with Gasteiger partial charge in [0.25, 0.3) is 0 Å². The summed E-state index contributed by atoms with van der Waals surface area (Å²) in [5.41, 5.74) is 3.73. The summed E-state index contributed by atoms with van der Waals surface area (Å²) in [6.45, 7) is 0. The second-order valence-corrected chi connectivity index (χ2v) is 8.24. The molecule has 0 aliphatic heterocycles. The Labute approximate surface area is 176 Å². The number of anilines is 2. The molecule has 2 N–H and O–H groups in total. The van der Waals surface area contributed by atoms with E-state index < -0.39 is 0 Å². The third-order valence-corrected chi connectivity index (χ3v) is 6.15. The van der Waals surface area contributed by atoms with Crippen LogP contribution in [0.4, 0.5) is 11.4 Å². The fraction of sp³-hybridized carbons (Fsp3) is 0.231. The first-order chi connectivity index (χ1) is 14.7. The van der Waals surface area contributed by atoms with Crippen LogP contribution >= 0.6 is 0 Å². The van der Waals surface area contributed by atoms with Crippen LogP contribution in [0.15, 0.2) is 84.9 Å². The molecule has 5 rings (SSSR count). The van der Waals surface area contributed by atoms with Crippen molar-refractivity contribution >= 4 is 23.2 Å². The van der Waals surface area contributed by atoms with Crippen molar-refractivity contribution in [2.45, 2.75) is 24.7 Å². The Bertz CT molecular complexity index is 978. The molecule has 2 amide bonds. The largest absolute Gasteiger partial charge is 0.324 e. The molecular weight excluding hydrogens is 372 g/mol. The summed E-state index contributed by atoms with van der Waals surface area (Å²) in [4.78, 5) is 25.5. The van der Waals surface area contributed by atoms with E-state index in [-0.39, 0.29) is 35.5 Å². The summed E-state index contributed by atoms with van der Waals surface area (Å²) in [5, 5.41) is 6.05. The van der Waals surface area contributed by atoms with Gasteiger partial charge in [-0.3, -0.25) is 9.59 Å². The molecule has 30 heavy (non-hydrogen) atoms. The first-order valence-electron chi connectivity index (χ1n) is 10.5. The summed E-state index contributed by atoms with van der Waals surface area (Å²) in [6.07, 6.45) is 1.73. The van der Waals surface area contributed by atoms with Crippen LogP contribution in [0.3, 0.4) is 0 Å². The molecule has 0 heterocycles. The highest BCUT2D eigenvalue weighted by atomic mass is 16.2. The number of nitrogens with one attached hydrogen (secondary N) is 2. The molecule has 0 spiro atoms. The monoisotopic (exact) mass is 396 g/mol. The second kappa shape index (κ2) is 7.79. The average molecular weight is 396 g/mol. The number of hydrogen-bond donors (Lipinski definition) is 2. The minimum atomic E-state index is -0.0120. The van der Waals surface area contributed by atoms with Crippen molar-refractivity contribution in [1.82, 2.24) is 0 Å². The predicted octanol–water partition coefficient (Wildman–Crippen LogP) is 5.17. The lowest BCUT2D eigenvalue weighted by Gasteiger charge is -2.12. The Balaban J connectivity index is 1.22. The van der Waals surface area contributed by atoms with Crippen LogP contribution in [0, 0.1) is 11.8 Å². The van der Waals surface area contributed by atoms with Crippen molar-refractivity contribution < 1.29 is 9.59 Å². The third-order valence-electron chi connectivity index (χ3n) is 6.15. The van der Waals surface area contributed by atoms with Crippen LogP contribution in [0.25, 0.3) is 0 Å². The fourth-order valence-electron chi connectivity index (χ4n) is 4.26. The standard InChI is InChI=1S/C26H24N2O2/c29-25(21-15-19(21)17-9-3-1-4-10-17)27-23-13-7-8-14-24(23)28-26(30)22-16-20(22)18-11-5-2-6-12-18/h1-14,19-22H,15-16H2,(H,27,29)(H,28,30). The number of para-hydroxylation sites is 2. The van der Waals surface area contributed by atoms with E-state index >= 15 is 0 Å². The van der Waals surface area contributed by atoms with Crippen LogP contribution < -0.4 is 10.6 Å². The number of carbonyl (C=O) groups excluding carboxylic acids is 2. The number of hydrogen-bond acceptors (Lipinski definition) is 2. The zero-order chi connectivity index (χ0) is 20.5. The van der Waals surface area contributed by atoms with E-state index in [9.17, 15) is 9.59 Å². The highest BCUT2D eigenvalue weighted by Crippen LogP contribution is 2.49. The highest BCUT2D eigenvalue weighted by molar-refractivity contribution is 6.02. The van der Waals surface area contributed by atoms with Gasteiger partial charge in [0.05, 0.1) is 11.4 Å². The molecule has 3 aromatic carbocycles. The van der Waals surface area contributed by atoms with Crippen LogP contribution in [-0.2, 0) is 9.59 Å². The molecule has 0 radical (unpaired) electrons. The van der Waals surface area contributed by atoms with Gasteiger partial charge in [-0.15, -0.1) is 0 Å². The van der Waals surface area contributed by atoms with Gasteiger partial charge in [-0.2, -0.15) is 0 Å². The van der Waals surface area contributed by atoms with Gasteiger partial charge in [0, 0.05) is 11.8 Å². The summed E-state index contributed by atoms with van der Waals surface area (Å²) in [7, 11) is 0. The normalized spacial score (nSPS) is 24.0. The second-order valence-electron chi connectivity index (χ2n) is 8.24. The Hall–Kier alpha value is -3.40. The van der Waals surface area contributed by atoms with E-state index in [4.69, 9.17) is 0 Å². The number of carbonyl (C=O) groups is 2. The van der Waals surface area contributed by atoms with E-state index in [1.54, 1.807) is 0 Å². The van der Waals surface area contributed by atoms with Crippen molar-refractivity contribution in [2.24, 2.45) is 11.8 Å². The minimum absolute atomic E-state index is 0.0120. The summed E-state index contributed by atoms with van der Waals surface area (Å²) in [6, 6.07) is 27.7. The zero-order valence-electron chi connectivity index (χ0n) is 16.6. The third kappa shape index (κ3) is 3.86. The lowest BCUT2D eigenvalue weighted by atomic mass is 10.1. The maximum atomic E-state index is 12.8. The van der Waals surface area contributed by atoms with Crippen molar-refractivity contribution in [1.29, 1.82) is 0 Å². The van der Waals surface area contributed by atoms with Crippen LogP contribution in [-0.4, -0.2) is 11.8 Å². The van der Waals surface area contributed by atoms with E-state index in [1.165, 1.54) is 11.1 Å². The Kier molecular flexibility index (Phi) is 4.83. The summed E-state index contributed by atoms with van der Waals surface area (Å²) >= 11 is 0. The van der Waals surface area contributed by atoms with E-state index in [0.29, 0.717) is 11.4 Å². The molecular formula is C26H24N2O2. The minimum Gasteiger partial charge on any atom is -0.324 e.